The molecule has 268 valence electrons. The topological polar surface area (TPSA) is 215 Å². The summed E-state index contributed by atoms with van der Waals surface area (Å²) in [4.78, 5) is 15.0. The third-order valence-electron chi connectivity index (χ3n) is 9.15. The molecule has 1 fully saturated rings. The van der Waals surface area contributed by atoms with Crippen LogP contribution < -0.4 is 15.5 Å². The third-order valence-corrected chi connectivity index (χ3v) is 11.6. The molecule has 0 saturated carbocycles. The summed E-state index contributed by atoms with van der Waals surface area (Å²) in [7, 11) is -5.40. The van der Waals surface area contributed by atoms with Crippen molar-refractivity contribution in [1.82, 2.24) is 5.32 Å². The minimum Gasteiger partial charge on any atom is -0.726 e. The Balaban J connectivity index is 1.67. The number of carbonyl (C=O) groups is 1. The summed E-state index contributed by atoms with van der Waals surface area (Å²) in [6.45, 7) is 2.76. The number of rotatable bonds is 11. The summed E-state index contributed by atoms with van der Waals surface area (Å²) in [5.74, 6) is -1.04. The average molecular weight is 717 g/mol. The van der Waals surface area contributed by atoms with E-state index in [4.69, 9.17) is 4.74 Å². The number of benzene rings is 2. The molecule has 4 rings (SSSR count). The van der Waals surface area contributed by atoms with Crippen LogP contribution in [0.2, 0.25) is 0 Å². The van der Waals surface area contributed by atoms with Gasteiger partial charge in [-0.1, -0.05) is 38.8 Å². The number of anilines is 2. The quantitative estimate of drug-likeness (QED) is 0.167. The van der Waals surface area contributed by atoms with Crippen LogP contribution in [0.25, 0.3) is 0 Å². The van der Waals surface area contributed by atoms with Gasteiger partial charge in [-0.3, -0.25) is 4.18 Å². The number of ether oxygens (including phenoxy) is 1. The fourth-order valence-corrected chi connectivity index (χ4v) is 9.00. The number of fused-ring (bicyclic) bond motifs is 1. The van der Waals surface area contributed by atoms with E-state index in [9.17, 15) is 45.9 Å². The lowest BCUT2D eigenvalue weighted by Gasteiger charge is -2.39. The number of hydrogen-bond acceptors (Lipinski definition) is 12. The summed E-state index contributed by atoms with van der Waals surface area (Å²) < 4.78 is 84.0. The van der Waals surface area contributed by atoms with Crippen molar-refractivity contribution in [2.24, 2.45) is 5.41 Å². The highest BCUT2D eigenvalue weighted by atomic mass is 32.3. The molecular formula is C31H43FN3O11S2-. The second-order valence-corrected chi connectivity index (χ2v) is 15.6. The van der Waals surface area contributed by atoms with E-state index in [1.807, 2.05) is 32.8 Å². The molecule has 8 atom stereocenters. The number of hydrogen-bond donors (Lipinski definition) is 5. The van der Waals surface area contributed by atoms with E-state index in [1.54, 1.807) is 36.4 Å². The molecule has 2 aromatic rings. The molecule has 14 nitrogen and oxygen atoms in total. The van der Waals surface area contributed by atoms with Gasteiger partial charge in [0.25, 0.3) is 0 Å². The van der Waals surface area contributed by atoms with Crippen molar-refractivity contribution in [3.63, 3.8) is 0 Å². The number of nitrogens with zero attached hydrogens (tertiary/aromatic N) is 1. The Kier molecular flexibility index (Phi) is 11.8. The molecule has 2 amide bonds. The zero-order valence-corrected chi connectivity index (χ0v) is 28.7. The molecule has 2 aliphatic heterocycles. The van der Waals surface area contributed by atoms with Gasteiger partial charge in [-0.25, -0.2) is 26.0 Å². The number of aliphatic hydroxyl groups is 3. The van der Waals surface area contributed by atoms with Crippen molar-refractivity contribution < 1.29 is 54.8 Å². The average Bonchev–Trinajstić information content (AvgIpc) is 3.09. The minimum absolute atomic E-state index is 0.122. The maximum absolute atomic E-state index is 14.5. The number of carbonyl (C=O) groups excluding carboxylic acids is 1. The Morgan fingerprint density at radius 1 is 1.15 bits per heavy atom. The molecule has 5 N–H and O–H groups in total. The number of aliphatic hydroxyl groups excluding tert-OH is 3. The SMILES string of the molecule is CCCC[C@]1(CC)CS(=O)(=O)c2ccc(N(C)C)cc2[C@@H](c2cccc(NC(=O)N[C@@H]3O[C@H](COS(=O)(=O)[O-])[C@@H](F)[C@H](O)[C@H]3O)c2)[C@H]1O. The van der Waals surface area contributed by atoms with Crippen molar-refractivity contribution in [2.75, 3.05) is 36.7 Å². The van der Waals surface area contributed by atoms with Gasteiger partial charge in [0.05, 0.1) is 23.4 Å². The van der Waals surface area contributed by atoms with E-state index < -0.39 is 81.0 Å². The number of nitrogens with one attached hydrogen (secondary N) is 2. The maximum Gasteiger partial charge on any atom is 0.321 e. The molecule has 17 heteroatoms. The van der Waals surface area contributed by atoms with Crippen molar-refractivity contribution in [3.05, 3.63) is 53.6 Å². The molecule has 0 spiro atoms. The van der Waals surface area contributed by atoms with Gasteiger partial charge < -0.3 is 40.1 Å². The molecule has 0 radical (unpaired) electrons. The lowest BCUT2D eigenvalue weighted by molar-refractivity contribution is -0.214. The second kappa shape index (κ2) is 14.9. The molecular weight excluding hydrogens is 673 g/mol. The highest BCUT2D eigenvalue weighted by Crippen LogP contribution is 2.49. The Bertz CT molecular complexity index is 1680. The van der Waals surface area contributed by atoms with Gasteiger partial charge in [-0.05, 0) is 54.3 Å². The van der Waals surface area contributed by atoms with Crippen LogP contribution in [-0.4, -0.2) is 106 Å². The highest BCUT2D eigenvalue weighted by molar-refractivity contribution is 7.91. The van der Waals surface area contributed by atoms with Crippen LogP contribution in [0, 0.1) is 5.41 Å². The molecule has 0 aliphatic carbocycles. The van der Waals surface area contributed by atoms with Gasteiger partial charge in [-0.2, -0.15) is 0 Å². The number of sulfone groups is 1. The normalized spacial score (nSPS) is 30.1. The first-order chi connectivity index (χ1) is 22.4. The molecule has 2 aliphatic rings. The number of halogens is 1. The number of alkyl halides is 1. The molecule has 1 saturated heterocycles. The summed E-state index contributed by atoms with van der Waals surface area (Å²) in [5, 5.41) is 37.4. The van der Waals surface area contributed by atoms with Crippen LogP contribution in [0.5, 0.6) is 0 Å². The standard InChI is InChI=1S/C31H44FN3O11S2/c1-5-7-13-31(6-2)17-47(40,41)23-12-11-20(35(3)4)15-21(23)24(28(31)38)18-9-8-10-19(14-18)33-30(39)34-29-27(37)26(36)25(32)22(46-29)16-45-48(42,43)44/h8-12,14-15,22,24-29,36-38H,5-7,13,16-17H2,1-4H3,(H2,33,34,39)(H,42,43,44)/p-1/t22-,24-,25-,26+,27-,28-,29-,31-/m1/s1. The molecule has 0 aromatic heterocycles. The number of unbranched alkanes of at least 4 members (excludes halogenated alkanes) is 1. The minimum atomic E-state index is -5.22. The smallest absolute Gasteiger partial charge is 0.321 e. The van der Waals surface area contributed by atoms with E-state index in [-0.39, 0.29) is 16.3 Å². The predicted octanol–water partition coefficient (Wildman–Crippen LogP) is 2.00. The Labute approximate surface area is 280 Å². The Hall–Kier alpha value is -2.90. The summed E-state index contributed by atoms with van der Waals surface area (Å²) in [6.07, 6.45) is -8.67. The Morgan fingerprint density at radius 3 is 2.48 bits per heavy atom. The molecule has 2 heterocycles. The zero-order chi connectivity index (χ0) is 35.6. The largest absolute Gasteiger partial charge is 0.726 e. The van der Waals surface area contributed by atoms with E-state index in [1.165, 1.54) is 6.07 Å². The van der Waals surface area contributed by atoms with Crippen LogP contribution in [0.3, 0.4) is 0 Å². The van der Waals surface area contributed by atoms with Crippen molar-refractivity contribution in [1.29, 1.82) is 0 Å². The van der Waals surface area contributed by atoms with Gasteiger partial charge in [0.2, 0.25) is 10.4 Å². The van der Waals surface area contributed by atoms with Crippen LogP contribution in [0.15, 0.2) is 47.4 Å². The first-order valence-electron chi connectivity index (χ1n) is 15.6. The van der Waals surface area contributed by atoms with Crippen LogP contribution in [0.1, 0.15) is 56.6 Å². The van der Waals surface area contributed by atoms with E-state index in [2.05, 4.69) is 14.8 Å². The summed E-state index contributed by atoms with van der Waals surface area (Å²) in [6, 6.07) is 10.5. The van der Waals surface area contributed by atoms with Gasteiger partial charge in [-0.15, -0.1) is 0 Å². The Morgan fingerprint density at radius 2 is 1.85 bits per heavy atom. The molecule has 0 unspecified atom stereocenters. The lowest BCUT2D eigenvalue weighted by atomic mass is 9.69. The van der Waals surface area contributed by atoms with E-state index >= 15 is 0 Å². The van der Waals surface area contributed by atoms with Crippen molar-refractivity contribution in [2.45, 2.75) is 87.2 Å². The van der Waals surface area contributed by atoms with Gasteiger partial charge >= 0.3 is 6.03 Å². The first-order valence-corrected chi connectivity index (χ1v) is 18.6. The van der Waals surface area contributed by atoms with Gasteiger partial charge in [0.15, 0.2) is 22.2 Å². The monoisotopic (exact) mass is 716 g/mol. The van der Waals surface area contributed by atoms with E-state index in [0.717, 1.165) is 12.1 Å². The van der Waals surface area contributed by atoms with Crippen LogP contribution in [0.4, 0.5) is 20.6 Å². The molecule has 48 heavy (non-hydrogen) atoms. The summed E-state index contributed by atoms with van der Waals surface area (Å²) >= 11 is 0. The van der Waals surface area contributed by atoms with Crippen LogP contribution in [-0.2, 0) is 29.2 Å². The third kappa shape index (κ3) is 8.27. The second-order valence-electron chi connectivity index (χ2n) is 12.6. The van der Waals surface area contributed by atoms with Crippen molar-refractivity contribution in [3.8, 4) is 0 Å². The maximum atomic E-state index is 14.5. The lowest BCUT2D eigenvalue weighted by Crippen LogP contribution is -2.62. The van der Waals surface area contributed by atoms with Gasteiger partial charge in [0, 0.05) is 36.8 Å². The fourth-order valence-electron chi connectivity index (χ4n) is 6.44. The fraction of sp³-hybridized carbons (Fsp3) is 0.581. The number of urea groups is 1. The highest BCUT2D eigenvalue weighted by Gasteiger charge is 2.49. The summed E-state index contributed by atoms with van der Waals surface area (Å²) in [5.41, 5.74) is 0.908. The van der Waals surface area contributed by atoms with Crippen LogP contribution >= 0.6 is 0 Å². The zero-order valence-electron chi connectivity index (χ0n) is 27.1. The van der Waals surface area contributed by atoms with Gasteiger partial charge in [0.1, 0.15) is 18.3 Å². The van der Waals surface area contributed by atoms with E-state index in [0.29, 0.717) is 30.4 Å². The predicted molar refractivity (Wildman–Crippen MR) is 173 cm³/mol. The van der Waals surface area contributed by atoms with Crippen molar-refractivity contribution >= 4 is 37.6 Å². The first kappa shape index (κ1) is 37.9. The molecule has 0 bridgehead atoms. The number of amides is 2. The molecule has 2 aromatic carbocycles.